The van der Waals surface area contributed by atoms with E-state index in [4.69, 9.17) is 0 Å². The SMILES string of the molecule is C/C=C/C#CC(O)CCC(C)(C)C. The largest absolute Gasteiger partial charge is 0.380 e. The van der Waals surface area contributed by atoms with Crippen LogP contribution in [0.5, 0.6) is 0 Å². The zero-order valence-corrected chi connectivity index (χ0v) is 9.09. The van der Waals surface area contributed by atoms with E-state index in [9.17, 15) is 5.11 Å². The summed E-state index contributed by atoms with van der Waals surface area (Å²) in [5.74, 6) is 5.57. The summed E-state index contributed by atoms with van der Waals surface area (Å²) in [5, 5.41) is 9.43. The molecule has 0 aromatic heterocycles. The Kier molecular flexibility index (Phi) is 5.50. The van der Waals surface area contributed by atoms with Crippen LogP contribution >= 0.6 is 0 Å². The zero-order valence-electron chi connectivity index (χ0n) is 9.09. The molecule has 0 amide bonds. The van der Waals surface area contributed by atoms with Gasteiger partial charge in [-0.15, -0.1) is 0 Å². The first-order chi connectivity index (χ1) is 5.95. The summed E-state index contributed by atoms with van der Waals surface area (Å²) in [6, 6.07) is 0. The highest BCUT2D eigenvalue weighted by Crippen LogP contribution is 2.21. The Hall–Kier alpha value is -0.740. The van der Waals surface area contributed by atoms with Crippen molar-refractivity contribution >= 4 is 0 Å². The normalized spacial score (nSPS) is 13.9. The molecule has 74 valence electrons. The minimum atomic E-state index is -0.476. The van der Waals surface area contributed by atoms with E-state index in [1.54, 1.807) is 6.08 Å². The van der Waals surface area contributed by atoms with Crippen molar-refractivity contribution in [3.63, 3.8) is 0 Å². The fraction of sp³-hybridized carbons (Fsp3) is 0.667. The molecule has 0 heterocycles. The van der Waals surface area contributed by atoms with Crippen molar-refractivity contribution in [1.29, 1.82) is 0 Å². The molecule has 0 saturated carbocycles. The van der Waals surface area contributed by atoms with Gasteiger partial charge in [-0.2, -0.15) is 0 Å². The van der Waals surface area contributed by atoms with Crippen molar-refractivity contribution in [1.82, 2.24) is 0 Å². The summed E-state index contributed by atoms with van der Waals surface area (Å²) in [4.78, 5) is 0. The van der Waals surface area contributed by atoms with Crippen LogP contribution < -0.4 is 0 Å². The van der Waals surface area contributed by atoms with Gasteiger partial charge >= 0.3 is 0 Å². The fourth-order valence-corrected chi connectivity index (χ4v) is 0.870. The van der Waals surface area contributed by atoms with Crippen LogP contribution in [0, 0.1) is 17.3 Å². The van der Waals surface area contributed by atoms with E-state index in [-0.39, 0.29) is 5.41 Å². The third kappa shape index (κ3) is 9.17. The van der Waals surface area contributed by atoms with Crippen molar-refractivity contribution < 1.29 is 5.11 Å². The predicted octanol–water partition coefficient (Wildman–Crippen LogP) is 2.75. The molecule has 0 rings (SSSR count). The number of aliphatic hydroxyl groups is 1. The van der Waals surface area contributed by atoms with Gasteiger partial charge in [-0.25, -0.2) is 0 Å². The molecule has 0 fully saturated rings. The van der Waals surface area contributed by atoms with Crippen LogP contribution in [-0.2, 0) is 0 Å². The van der Waals surface area contributed by atoms with Crippen LogP contribution in [0.1, 0.15) is 40.5 Å². The summed E-state index contributed by atoms with van der Waals surface area (Å²) >= 11 is 0. The first kappa shape index (κ1) is 12.3. The summed E-state index contributed by atoms with van der Waals surface area (Å²) in [6.45, 7) is 8.41. The minimum absolute atomic E-state index is 0.281. The molecule has 1 heteroatoms. The van der Waals surface area contributed by atoms with Crippen molar-refractivity contribution in [3.05, 3.63) is 12.2 Å². The maximum absolute atomic E-state index is 9.43. The number of rotatable bonds is 2. The molecule has 0 aromatic carbocycles. The van der Waals surface area contributed by atoms with Gasteiger partial charge in [0, 0.05) is 0 Å². The lowest BCUT2D eigenvalue weighted by atomic mass is 9.89. The standard InChI is InChI=1S/C12H20O/c1-5-6-7-8-11(13)9-10-12(2,3)4/h5-6,11,13H,9-10H2,1-4H3/b6-5+. The van der Waals surface area contributed by atoms with Gasteiger partial charge in [0.2, 0.25) is 0 Å². The Morgan fingerprint density at radius 1 is 1.38 bits per heavy atom. The second kappa shape index (κ2) is 5.83. The molecule has 0 aliphatic rings. The molecule has 0 radical (unpaired) electrons. The molecule has 1 N–H and O–H groups in total. The van der Waals surface area contributed by atoms with E-state index >= 15 is 0 Å². The number of aliphatic hydroxyl groups excluding tert-OH is 1. The van der Waals surface area contributed by atoms with Gasteiger partial charge in [-0.1, -0.05) is 38.7 Å². The van der Waals surface area contributed by atoms with Gasteiger partial charge < -0.3 is 5.11 Å². The highest BCUT2D eigenvalue weighted by Gasteiger charge is 2.11. The minimum Gasteiger partial charge on any atom is -0.380 e. The Bertz CT molecular complexity index is 210. The molecule has 0 saturated heterocycles. The average molecular weight is 180 g/mol. The first-order valence-corrected chi connectivity index (χ1v) is 4.76. The number of hydrogen-bond acceptors (Lipinski definition) is 1. The van der Waals surface area contributed by atoms with Crippen molar-refractivity contribution in [2.24, 2.45) is 5.41 Å². The van der Waals surface area contributed by atoms with E-state index in [2.05, 4.69) is 32.6 Å². The Morgan fingerprint density at radius 2 is 2.00 bits per heavy atom. The molecule has 0 aliphatic carbocycles. The molecule has 13 heavy (non-hydrogen) atoms. The van der Waals surface area contributed by atoms with Crippen LogP contribution in [0.25, 0.3) is 0 Å². The summed E-state index contributed by atoms with van der Waals surface area (Å²) in [7, 11) is 0. The molecular formula is C12H20O. The third-order valence-electron chi connectivity index (χ3n) is 1.67. The van der Waals surface area contributed by atoms with Gasteiger partial charge in [-0.05, 0) is 31.3 Å². The topological polar surface area (TPSA) is 20.2 Å². The Labute approximate surface area is 81.9 Å². The monoisotopic (exact) mass is 180 g/mol. The molecule has 1 atom stereocenters. The predicted molar refractivity (Wildman–Crippen MR) is 57.3 cm³/mol. The fourth-order valence-electron chi connectivity index (χ4n) is 0.870. The van der Waals surface area contributed by atoms with Gasteiger partial charge in [0.05, 0.1) is 0 Å². The first-order valence-electron chi connectivity index (χ1n) is 4.76. The van der Waals surface area contributed by atoms with Crippen molar-refractivity contribution in [3.8, 4) is 11.8 Å². The van der Waals surface area contributed by atoms with Crippen LogP contribution in [0.4, 0.5) is 0 Å². The number of allylic oxidation sites excluding steroid dienone is 2. The summed E-state index contributed by atoms with van der Waals surface area (Å²) < 4.78 is 0. The smallest absolute Gasteiger partial charge is 0.115 e. The summed E-state index contributed by atoms with van der Waals surface area (Å²) in [5.41, 5.74) is 0.281. The third-order valence-corrected chi connectivity index (χ3v) is 1.67. The Morgan fingerprint density at radius 3 is 2.46 bits per heavy atom. The highest BCUT2D eigenvalue weighted by molar-refractivity contribution is 5.17. The second-order valence-corrected chi connectivity index (χ2v) is 4.40. The van der Waals surface area contributed by atoms with Crippen molar-refractivity contribution in [2.45, 2.75) is 46.6 Å². The highest BCUT2D eigenvalue weighted by atomic mass is 16.3. The second-order valence-electron chi connectivity index (χ2n) is 4.40. The van der Waals surface area contributed by atoms with E-state index in [1.807, 2.05) is 13.0 Å². The van der Waals surface area contributed by atoms with E-state index in [1.165, 1.54) is 0 Å². The lowest BCUT2D eigenvalue weighted by Gasteiger charge is -2.18. The molecule has 1 nitrogen and oxygen atoms in total. The molecular weight excluding hydrogens is 160 g/mol. The van der Waals surface area contributed by atoms with Gasteiger partial charge in [0.1, 0.15) is 6.10 Å². The Balaban J connectivity index is 3.77. The zero-order chi connectivity index (χ0) is 10.3. The lowest BCUT2D eigenvalue weighted by molar-refractivity contribution is 0.196. The maximum atomic E-state index is 9.43. The van der Waals surface area contributed by atoms with Gasteiger partial charge in [0.25, 0.3) is 0 Å². The molecule has 1 unspecified atom stereocenters. The van der Waals surface area contributed by atoms with Gasteiger partial charge in [0.15, 0.2) is 0 Å². The van der Waals surface area contributed by atoms with Crippen LogP contribution in [0.15, 0.2) is 12.2 Å². The molecule has 0 aromatic rings. The maximum Gasteiger partial charge on any atom is 0.115 e. The lowest BCUT2D eigenvalue weighted by Crippen LogP contribution is -2.11. The molecule has 0 spiro atoms. The average Bonchev–Trinajstić information content (AvgIpc) is 2.00. The van der Waals surface area contributed by atoms with E-state index < -0.39 is 6.10 Å². The number of hydrogen-bond donors (Lipinski definition) is 1. The molecule has 0 bridgehead atoms. The van der Waals surface area contributed by atoms with Crippen LogP contribution in [0.3, 0.4) is 0 Å². The van der Waals surface area contributed by atoms with Crippen LogP contribution in [-0.4, -0.2) is 11.2 Å². The van der Waals surface area contributed by atoms with E-state index in [0.717, 1.165) is 12.8 Å². The quantitative estimate of drug-likeness (QED) is 0.648. The summed E-state index contributed by atoms with van der Waals surface area (Å²) in [6.07, 6.45) is 4.90. The van der Waals surface area contributed by atoms with Gasteiger partial charge in [-0.3, -0.25) is 0 Å². The van der Waals surface area contributed by atoms with Crippen molar-refractivity contribution in [2.75, 3.05) is 0 Å². The van der Waals surface area contributed by atoms with Crippen LogP contribution in [0.2, 0.25) is 0 Å². The molecule has 0 aliphatic heterocycles. The van der Waals surface area contributed by atoms with E-state index in [0.29, 0.717) is 0 Å².